The predicted molar refractivity (Wildman–Crippen MR) is 129 cm³/mol. The van der Waals surface area contributed by atoms with Crippen molar-refractivity contribution < 1.29 is 9.13 Å². The van der Waals surface area contributed by atoms with Gasteiger partial charge >= 0.3 is 0 Å². The lowest BCUT2D eigenvalue weighted by Crippen LogP contribution is -2.33. The van der Waals surface area contributed by atoms with Crippen LogP contribution in [0.15, 0.2) is 42.6 Å². The first kappa shape index (κ1) is 22.4. The largest absolute Gasteiger partial charge is 0.494 e. The standard InChI is InChI=1S/C26H29FN6O/c1-4-34-21-8-9-23(22(27)15-21)33-18(3)24-17(2)29-30-25(26(24)31-33)19-10-13-32(14-11-19)16-20-7-5-6-12-28-20/h5-9,12,15,19H,4,10-11,13-14,16H2,1-3H3. The van der Waals surface area contributed by atoms with Gasteiger partial charge in [0.1, 0.15) is 17.0 Å². The fourth-order valence-corrected chi connectivity index (χ4v) is 4.85. The van der Waals surface area contributed by atoms with Crippen LogP contribution in [0.2, 0.25) is 0 Å². The number of rotatable bonds is 6. The van der Waals surface area contributed by atoms with Crippen LogP contribution < -0.4 is 4.74 Å². The average Bonchev–Trinajstić information content (AvgIpc) is 3.19. The Kier molecular flexibility index (Phi) is 6.24. The maximum absolute atomic E-state index is 15.0. The third-order valence-electron chi connectivity index (χ3n) is 6.57. The Bertz CT molecular complexity index is 1300. The number of pyridine rings is 1. The first-order chi connectivity index (χ1) is 16.5. The molecule has 0 saturated carbocycles. The van der Waals surface area contributed by atoms with E-state index in [2.05, 4.69) is 26.1 Å². The number of aryl methyl sites for hydroxylation is 2. The second-order valence-electron chi connectivity index (χ2n) is 8.81. The molecule has 0 unspecified atom stereocenters. The van der Waals surface area contributed by atoms with Crippen LogP contribution in [0.5, 0.6) is 5.75 Å². The maximum atomic E-state index is 15.0. The molecule has 0 spiro atoms. The number of hydrogen-bond donors (Lipinski definition) is 0. The molecule has 0 radical (unpaired) electrons. The van der Waals surface area contributed by atoms with E-state index in [0.29, 0.717) is 18.0 Å². The lowest BCUT2D eigenvalue weighted by atomic mass is 9.92. The number of aromatic nitrogens is 5. The summed E-state index contributed by atoms with van der Waals surface area (Å²) in [6.07, 6.45) is 3.79. The summed E-state index contributed by atoms with van der Waals surface area (Å²) in [4.78, 5) is 6.88. The molecule has 1 saturated heterocycles. The van der Waals surface area contributed by atoms with Gasteiger partial charge in [-0.05, 0) is 71.0 Å². The second-order valence-corrected chi connectivity index (χ2v) is 8.81. The van der Waals surface area contributed by atoms with E-state index >= 15 is 0 Å². The third-order valence-corrected chi connectivity index (χ3v) is 6.57. The molecule has 1 fully saturated rings. The molecule has 1 aromatic carbocycles. The summed E-state index contributed by atoms with van der Waals surface area (Å²) in [5, 5.41) is 14.8. The highest BCUT2D eigenvalue weighted by Gasteiger charge is 2.27. The van der Waals surface area contributed by atoms with Crippen molar-refractivity contribution in [1.82, 2.24) is 29.9 Å². The van der Waals surface area contributed by atoms with Gasteiger partial charge in [-0.2, -0.15) is 15.3 Å². The van der Waals surface area contributed by atoms with Crippen LogP contribution >= 0.6 is 0 Å². The summed E-state index contributed by atoms with van der Waals surface area (Å²) >= 11 is 0. The predicted octanol–water partition coefficient (Wildman–Crippen LogP) is 4.74. The molecule has 0 N–H and O–H groups in total. The van der Waals surface area contributed by atoms with E-state index in [9.17, 15) is 4.39 Å². The van der Waals surface area contributed by atoms with E-state index < -0.39 is 0 Å². The number of fused-ring (bicyclic) bond motifs is 1. The van der Waals surface area contributed by atoms with Gasteiger partial charge in [0.15, 0.2) is 5.82 Å². The molecule has 7 nitrogen and oxygen atoms in total. The molecule has 5 rings (SSSR count). The van der Waals surface area contributed by atoms with Crippen LogP contribution in [0.25, 0.3) is 16.6 Å². The van der Waals surface area contributed by atoms with Crippen LogP contribution in [0, 0.1) is 19.7 Å². The summed E-state index contributed by atoms with van der Waals surface area (Å²) in [6.45, 7) is 9.04. The summed E-state index contributed by atoms with van der Waals surface area (Å²) in [5.74, 6) is 0.407. The number of nitrogens with zero attached hydrogens (tertiary/aromatic N) is 6. The molecule has 1 aliphatic heterocycles. The number of halogens is 1. The van der Waals surface area contributed by atoms with Gasteiger partial charge in [0, 0.05) is 30.1 Å². The zero-order chi connectivity index (χ0) is 23.7. The normalized spacial score (nSPS) is 15.2. The van der Waals surface area contributed by atoms with E-state index in [1.54, 1.807) is 16.8 Å². The van der Waals surface area contributed by atoms with E-state index in [1.807, 2.05) is 39.1 Å². The van der Waals surface area contributed by atoms with E-state index in [-0.39, 0.29) is 11.7 Å². The molecule has 0 bridgehead atoms. The third kappa shape index (κ3) is 4.25. The second kappa shape index (κ2) is 9.46. The minimum Gasteiger partial charge on any atom is -0.494 e. The van der Waals surface area contributed by atoms with Crippen molar-refractivity contribution in [3.63, 3.8) is 0 Å². The van der Waals surface area contributed by atoms with Crippen LogP contribution in [-0.2, 0) is 6.54 Å². The number of hydrogen-bond acceptors (Lipinski definition) is 6. The van der Waals surface area contributed by atoms with Crippen molar-refractivity contribution >= 4 is 10.9 Å². The van der Waals surface area contributed by atoms with Gasteiger partial charge in [-0.15, -0.1) is 0 Å². The smallest absolute Gasteiger partial charge is 0.152 e. The average molecular weight is 461 g/mol. The van der Waals surface area contributed by atoms with Crippen molar-refractivity contribution in [2.75, 3.05) is 19.7 Å². The lowest BCUT2D eigenvalue weighted by molar-refractivity contribution is 0.201. The van der Waals surface area contributed by atoms with Crippen molar-refractivity contribution in [1.29, 1.82) is 0 Å². The SMILES string of the molecule is CCOc1ccc(-n2nc3c(C4CCN(Cc5ccccn5)CC4)nnc(C)c3c2C)c(F)c1. The molecular formula is C26H29FN6O. The van der Waals surface area contributed by atoms with Crippen LogP contribution in [0.3, 0.4) is 0 Å². The van der Waals surface area contributed by atoms with Gasteiger partial charge < -0.3 is 4.74 Å². The summed E-state index contributed by atoms with van der Waals surface area (Å²) < 4.78 is 22.1. The molecule has 3 aromatic heterocycles. The van der Waals surface area contributed by atoms with Crippen molar-refractivity contribution in [2.24, 2.45) is 0 Å². The molecule has 8 heteroatoms. The molecular weight excluding hydrogens is 431 g/mol. The van der Waals surface area contributed by atoms with E-state index in [0.717, 1.165) is 66.2 Å². The topological polar surface area (TPSA) is 69.0 Å². The Balaban J connectivity index is 1.43. The quantitative estimate of drug-likeness (QED) is 0.414. The van der Waals surface area contributed by atoms with Gasteiger partial charge in [-0.3, -0.25) is 9.88 Å². The van der Waals surface area contributed by atoms with Crippen LogP contribution in [-0.4, -0.2) is 49.6 Å². The minimum absolute atomic E-state index is 0.267. The van der Waals surface area contributed by atoms with Gasteiger partial charge in [-0.1, -0.05) is 6.07 Å². The van der Waals surface area contributed by atoms with E-state index in [4.69, 9.17) is 9.84 Å². The van der Waals surface area contributed by atoms with Crippen molar-refractivity contribution in [3.8, 4) is 11.4 Å². The molecule has 4 heterocycles. The Hall–Kier alpha value is -3.39. The number of piperidine rings is 1. The summed E-state index contributed by atoms with van der Waals surface area (Å²) in [5.41, 5.74) is 4.88. The van der Waals surface area contributed by atoms with Crippen molar-refractivity contribution in [2.45, 2.75) is 46.1 Å². The van der Waals surface area contributed by atoms with Crippen LogP contribution in [0.1, 0.15) is 48.5 Å². The highest BCUT2D eigenvalue weighted by molar-refractivity contribution is 5.86. The van der Waals surface area contributed by atoms with Gasteiger partial charge in [0.05, 0.1) is 29.4 Å². The Morgan fingerprint density at radius 3 is 2.62 bits per heavy atom. The summed E-state index contributed by atoms with van der Waals surface area (Å²) in [7, 11) is 0. The summed E-state index contributed by atoms with van der Waals surface area (Å²) in [6, 6.07) is 10.9. The van der Waals surface area contributed by atoms with Gasteiger partial charge in [0.2, 0.25) is 0 Å². The molecule has 0 amide bonds. The van der Waals surface area contributed by atoms with Crippen molar-refractivity contribution in [3.05, 3.63) is 71.2 Å². The zero-order valence-electron chi connectivity index (χ0n) is 19.8. The number of ether oxygens (including phenoxy) is 1. The Morgan fingerprint density at radius 1 is 1.09 bits per heavy atom. The number of likely N-dealkylation sites (tertiary alicyclic amines) is 1. The number of benzene rings is 1. The maximum Gasteiger partial charge on any atom is 0.152 e. The fourth-order valence-electron chi connectivity index (χ4n) is 4.85. The van der Waals surface area contributed by atoms with Crippen LogP contribution in [0.4, 0.5) is 4.39 Å². The van der Waals surface area contributed by atoms with E-state index in [1.165, 1.54) is 6.07 Å². The Labute approximate surface area is 198 Å². The minimum atomic E-state index is -0.371. The van der Waals surface area contributed by atoms with Gasteiger partial charge in [0.25, 0.3) is 0 Å². The monoisotopic (exact) mass is 460 g/mol. The molecule has 4 aromatic rings. The van der Waals surface area contributed by atoms with Gasteiger partial charge in [-0.25, -0.2) is 9.07 Å². The molecule has 0 atom stereocenters. The first-order valence-corrected chi connectivity index (χ1v) is 11.8. The molecule has 0 aliphatic carbocycles. The zero-order valence-corrected chi connectivity index (χ0v) is 19.8. The lowest BCUT2D eigenvalue weighted by Gasteiger charge is -2.31. The molecule has 34 heavy (non-hydrogen) atoms. The first-order valence-electron chi connectivity index (χ1n) is 11.8. The molecule has 176 valence electrons. The Morgan fingerprint density at radius 2 is 1.91 bits per heavy atom. The molecule has 1 aliphatic rings. The highest BCUT2D eigenvalue weighted by Crippen LogP contribution is 2.34. The fraction of sp³-hybridized carbons (Fsp3) is 0.385. The highest BCUT2D eigenvalue weighted by atomic mass is 19.1.